The molecule has 2 heterocycles. The minimum atomic E-state index is -0.419. The molecule has 1 aliphatic rings. The lowest BCUT2D eigenvalue weighted by Gasteiger charge is -2.10. The Morgan fingerprint density at radius 2 is 2.32 bits per heavy atom. The molecular weight excluding hydrogens is 248 g/mol. The van der Waals surface area contributed by atoms with Gasteiger partial charge in [-0.05, 0) is 25.0 Å². The van der Waals surface area contributed by atoms with Crippen molar-refractivity contribution in [2.45, 2.75) is 18.9 Å². The van der Waals surface area contributed by atoms with Crippen LogP contribution in [-0.4, -0.2) is 23.2 Å². The highest BCUT2D eigenvalue weighted by Gasteiger charge is 2.23. The molecule has 1 N–H and O–H groups in total. The normalized spacial score (nSPS) is 18.9. The summed E-state index contributed by atoms with van der Waals surface area (Å²) in [5.74, 6) is -0.576. The first-order valence-electron chi connectivity index (χ1n) is 6.17. The molecule has 3 rings (SSSR count). The van der Waals surface area contributed by atoms with Gasteiger partial charge in [0, 0.05) is 25.4 Å². The van der Waals surface area contributed by atoms with Crippen LogP contribution < -0.4 is 11.1 Å². The summed E-state index contributed by atoms with van der Waals surface area (Å²) in [6.07, 6.45) is 1.28. The first kappa shape index (κ1) is 12.0. The maximum absolute atomic E-state index is 11.9. The van der Waals surface area contributed by atoms with Gasteiger partial charge in [0.2, 0.25) is 0 Å². The molecular formula is C13H14N2O4. The third-order valence-corrected chi connectivity index (χ3v) is 3.28. The fourth-order valence-electron chi connectivity index (χ4n) is 2.22. The molecule has 19 heavy (non-hydrogen) atoms. The second-order valence-electron chi connectivity index (χ2n) is 4.60. The quantitative estimate of drug-likeness (QED) is 0.884. The Morgan fingerprint density at radius 3 is 3.05 bits per heavy atom. The molecule has 1 saturated heterocycles. The van der Waals surface area contributed by atoms with Crippen LogP contribution in [0.5, 0.6) is 0 Å². The number of anilines is 1. The van der Waals surface area contributed by atoms with Crippen LogP contribution in [0.4, 0.5) is 5.69 Å². The van der Waals surface area contributed by atoms with Crippen LogP contribution in [-0.2, 0) is 16.6 Å². The number of fused-ring (bicyclic) bond motifs is 1. The molecule has 100 valence electrons. The third kappa shape index (κ3) is 2.15. The number of ether oxygens (including phenoxy) is 1. The molecule has 0 aliphatic carbocycles. The van der Waals surface area contributed by atoms with Crippen molar-refractivity contribution in [2.24, 2.45) is 7.05 Å². The largest absolute Gasteiger partial charge is 0.419 e. The van der Waals surface area contributed by atoms with Gasteiger partial charge >= 0.3 is 5.76 Å². The van der Waals surface area contributed by atoms with Crippen molar-refractivity contribution in [1.29, 1.82) is 0 Å². The molecule has 0 saturated carbocycles. The van der Waals surface area contributed by atoms with Crippen molar-refractivity contribution in [3.05, 3.63) is 28.7 Å². The molecule has 1 aliphatic heterocycles. The fourth-order valence-corrected chi connectivity index (χ4v) is 2.22. The van der Waals surface area contributed by atoms with E-state index in [9.17, 15) is 9.59 Å². The molecule has 6 heteroatoms. The van der Waals surface area contributed by atoms with E-state index in [1.54, 1.807) is 25.2 Å². The Kier molecular flexibility index (Phi) is 2.87. The smallest absolute Gasteiger partial charge is 0.408 e. The lowest BCUT2D eigenvalue weighted by molar-refractivity contribution is -0.124. The van der Waals surface area contributed by atoms with Gasteiger partial charge in [-0.1, -0.05) is 0 Å². The number of benzene rings is 1. The molecule has 0 spiro atoms. The van der Waals surface area contributed by atoms with Crippen LogP contribution in [0.15, 0.2) is 27.4 Å². The summed E-state index contributed by atoms with van der Waals surface area (Å²) in [7, 11) is 1.64. The second-order valence-corrected chi connectivity index (χ2v) is 4.60. The number of carbonyl (C=O) groups excluding carboxylic acids is 1. The number of oxazole rings is 1. The molecule has 2 aromatic rings. The van der Waals surface area contributed by atoms with E-state index in [2.05, 4.69) is 5.32 Å². The standard InChI is InChI=1S/C13H14N2O4/c1-15-9-5-4-8(7-11(9)19-13(15)17)14-12(16)10-3-2-6-18-10/h4-5,7,10H,2-3,6H2,1H3,(H,14,16)/t10-/m0/s1. The van der Waals surface area contributed by atoms with Gasteiger partial charge in [0.25, 0.3) is 5.91 Å². The molecule has 0 radical (unpaired) electrons. The maximum Gasteiger partial charge on any atom is 0.419 e. The van der Waals surface area contributed by atoms with Crippen LogP contribution >= 0.6 is 0 Å². The van der Waals surface area contributed by atoms with Crippen LogP contribution in [0.25, 0.3) is 11.1 Å². The van der Waals surface area contributed by atoms with Gasteiger partial charge in [0.15, 0.2) is 5.58 Å². The Morgan fingerprint density at radius 1 is 1.47 bits per heavy atom. The lowest BCUT2D eigenvalue weighted by Crippen LogP contribution is -2.26. The monoisotopic (exact) mass is 262 g/mol. The first-order valence-corrected chi connectivity index (χ1v) is 6.17. The van der Waals surface area contributed by atoms with Gasteiger partial charge in [-0.2, -0.15) is 0 Å². The Labute approximate surface area is 109 Å². The summed E-state index contributed by atoms with van der Waals surface area (Å²) < 4.78 is 11.8. The van der Waals surface area contributed by atoms with E-state index in [1.165, 1.54) is 4.57 Å². The van der Waals surface area contributed by atoms with Crippen molar-refractivity contribution < 1.29 is 13.9 Å². The number of hydrogen-bond donors (Lipinski definition) is 1. The Balaban J connectivity index is 1.85. The molecule has 0 unspecified atom stereocenters. The molecule has 1 amide bonds. The van der Waals surface area contributed by atoms with Crippen molar-refractivity contribution in [3.63, 3.8) is 0 Å². The maximum atomic E-state index is 11.9. The van der Waals surface area contributed by atoms with Crippen molar-refractivity contribution >= 4 is 22.7 Å². The van der Waals surface area contributed by atoms with Gasteiger partial charge in [0.05, 0.1) is 5.52 Å². The summed E-state index contributed by atoms with van der Waals surface area (Å²) in [6, 6.07) is 5.12. The van der Waals surface area contributed by atoms with Crippen LogP contribution in [0.2, 0.25) is 0 Å². The van der Waals surface area contributed by atoms with Crippen LogP contribution in [0.1, 0.15) is 12.8 Å². The molecule has 1 atom stereocenters. The van der Waals surface area contributed by atoms with Crippen molar-refractivity contribution in [2.75, 3.05) is 11.9 Å². The van der Waals surface area contributed by atoms with E-state index < -0.39 is 5.76 Å². The summed E-state index contributed by atoms with van der Waals surface area (Å²) in [5.41, 5.74) is 1.75. The summed E-state index contributed by atoms with van der Waals surface area (Å²) in [5, 5.41) is 2.77. The number of nitrogens with one attached hydrogen (secondary N) is 1. The molecule has 1 aromatic heterocycles. The van der Waals surface area contributed by atoms with E-state index in [4.69, 9.17) is 9.15 Å². The second kappa shape index (κ2) is 4.55. The van der Waals surface area contributed by atoms with Gasteiger partial charge < -0.3 is 14.5 Å². The van der Waals surface area contributed by atoms with E-state index in [0.717, 1.165) is 12.8 Å². The lowest BCUT2D eigenvalue weighted by atomic mass is 10.2. The Hall–Kier alpha value is -2.08. The highest BCUT2D eigenvalue weighted by molar-refractivity contribution is 5.95. The van der Waals surface area contributed by atoms with Gasteiger partial charge in [0.1, 0.15) is 6.10 Å². The predicted molar refractivity (Wildman–Crippen MR) is 69.1 cm³/mol. The number of hydrogen-bond acceptors (Lipinski definition) is 4. The molecule has 1 fully saturated rings. The Bertz CT molecular complexity index is 679. The fraction of sp³-hybridized carbons (Fsp3) is 0.385. The minimum absolute atomic E-state index is 0.157. The van der Waals surface area contributed by atoms with E-state index in [0.29, 0.717) is 23.4 Å². The minimum Gasteiger partial charge on any atom is -0.408 e. The average Bonchev–Trinajstić information content (AvgIpc) is 2.99. The van der Waals surface area contributed by atoms with Gasteiger partial charge in [-0.15, -0.1) is 0 Å². The molecule has 1 aromatic carbocycles. The zero-order valence-corrected chi connectivity index (χ0v) is 10.5. The zero-order valence-electron chi connectivity index (χ0n) is 10.5. The summed E-state index contributed by atoms with van der Waals surface area (Å²) >= 11 is 0. The highest BCUT2D eigenvalue weighted by atomic mass is 16.5. The number of amides is 1. The number of aryl methyl sites for hydroxylation is 1. The zero-order chi connectivity index (χ0) is 13.4. The third-order valence-electron chi connectivity index (χ3n) is 3.28. The van der Waals surface area contributed by atoms with Gasteiger partial charge in [-0.3, -0.25) is 9.36 Å². The molecule has 6 nitrogen and oxygen atoms in total. The van der Waals surface area contributed by atoms with Crippen LogP contribution in [0, 0.1) is 0 Å². The number of aromatic nitrogens is 1. The topological polar surface area (TPSA) is 73.5 Å². The first-order chi connectivity index (χ1) is 9.15. The molecule has 0 bridgehead atoms. The van der Waals surface area contributed by atoms with Gasteiger partial charge in [-0.25, -0.2) is 4.79 Å². The number of nitrogens with zero attached hydrogens (tertiary/aromatic N) is 1. The van der Waals surface area contributed by atoms with E-state index in [-0.39, 0.29) is 12.0 Å². The number of rotatable bonds is 2. The number of carbonyl (C=O) groups is 1. The van der Waals surface area contributed by atoms with E-state index >= 15 is 0 Å². The summed E-state index contributed by atoms with van der Waals surface area (Å²) in [4.78, 5) is 23.3. The summed E-state index contributed by atoms with van der Waals surface area (Å²) in [6.45, 7) is 0.630. The van der Waals surface area contributed by atoms with Crippen LogP contribution in [0.3, 0.4) is 0 Å². The SMILES string of the molecule is Cn1c(=O)oc2cc(NC(=O)[C@@H]3CCCO3)ccc21. The van der Waals surface area contributed by atoms with E-state index in [1.807, 2.05) is 0 Å². The van der Waals surface area contributed by atoms with Crippen molar-refractivity contribution in [3.8, 4) is 0 Å². The predicted octanol–water partition coefficient (Wildman–Crippen LogP) is 1.25. The highest BCUT2D eigenvalue weighted by Crippen LogP contribution is 2.19. The van der Waals surface area contributed by atoms with Crippen molar-refractivity contribution in [1.82, 2.24) is 4.57 Å². The average molecular weight is 262 g/mol.